The van der Waals surface area contributed by atoms with Crippen LogP contribution in [0.15, 0.2) is 0 Å². The maximum absolute atomic E-state index is 12.4. The molecule has 0 saturated carbocycles. The van der Waals surface area contributed by atoms with Crippen molar-refractivity contribution < 1.29 is 33.2 Å². The summed E-state index contributed by atoms with van der Waals surface area (Å²) in [4.78, 5) is 12.4. The van der Waals surface area contributed by atoms with Crippen LogP contribution in [0.5, 0.6) is 0 Å². The summed E-state index contributed by atoms with van der Waals surface area (Å²) in [5, 5.41) is 0. The zero-order chi connectivity index (χ0) is 21.1. The molecule has 5 unspecified atom stereocenters. The summed E-state index contributed by atoms with van der Waals surface area (Å²) < 4.78 is 35.4. The number of hydrogen-bond donors (Lipinski definition) is 0. The molecule has 0 aromatic carbocycles. The van der Waals surface area contributed by atoms with Crippen LogP contribution in [0.1, 0.15) is 86.0 Å². The van der Waals surface area contributed by atoms with Gasteiger partial charge in [0.1, 0.15) is 18.3 Å². The number of rotatable bonds is 10. The minimum absolute atomic E-state index is 0.250. The maximum atomic E-state index is 12.4. The summed E-state index contributed by atoms with van der Waals surface area (Å²) in [6.07, 6.45) is 6.21. The van der Waals surface area contributed by atoms with Gasteiger partial charge in [-0.1, -0.05) is 45.4 Å². The Kier molecular flexibility index (Phi) is 7.60. The van der Waals surface area contributed by atoms with Crippen LogP contribution in [0, 0.1) is 0 Å². The van der Waals surface area contributed by atoms with Crippen LogP contribution in [0.25, 0.3) is 0 Å². The van der Waals surface area contributed by atoms with E-state index in [9.17, 15) is 4.79 Å². The maximum Gasteiger partial charge on any atom is 0.308 e. The first-order valence-corrected chi connectivity index (χ1v) is 11.2. The summed E-state index contributed by atoms with van der Waals surface area (Å²) in [7, 11) is 0. The van der Waals surface area contributed by atoms with Crippen molar-refractivity contribution in [3.8, 4) is 0 Å². The van der Waals surface area contributed by atoms with Gasteiger partial charge in [0, 0.05) is 6.42 Å². The van der Waals surface area contributed by atoms with Crippen molar-refractivity contribution in [3.05, 3.63) is 0 Å². The number of ether oxygens (including phenoxy) is 6. The molecular formula is C22H38O7. The van der Waals surface area contributed by atoms with Gasteiger partial charge in [0.25, 0.3) is 0 Å². The molecular weight excluding hydrogens is 376 g/mol. The molecule has 168 valence electrons. The third-order valence-corrected chi connectivity index (χ3v) is 5.68. The van der Waals surface area contributed by atoms with Crippen molar-refractivity contribution in [2.45, 2.75) is 128 Å². The minimum atomic E-state index is -0.781. The molecule has 7 heteroatoms. The Morgan fingerprint density at radius 2 is 1.52 bits per heavy atom. The van der Waals surface area contributed by atoms with Crippen LogP contribution in [-0.4, -0.2) is 54.9 Å². The van der Waals surface area contributed by atoms with Gasteiger partial charge in [-0.2, -0.15) is 0 Å². The SMILES string of the molecule is CCCCCCCCCC(=O)OC1OC(C2COC(C)(C)O2)C2OC(C)(C)OC12. The molecule has 3 saturated heterocycles. The lowest BCUT2D eigenvalue weighted by atomic mass is 10.1. The van der Waals surface area contributed by atoms with Crippen molar-refractivity contribution in [1.29, 1.82) is 0 Å². The van der Waals surface area contributed by atoms with E-state index in [-0.39, 0.29) is 18.2 Å². The van der Waals surface area contributed by atoms with Gasteiger partial charge in [-0.05, 0) is 34.1 Å². The first-order valence-electron chi connectivity index (χ1n) is 11.2. The zero-order valence-corrected chi connectivity index (χ0v) is 18.6. The van der Waals surface area contributed by atoms with E-state index < -0.39 is 30.1 Å². The molecule has 29 heavy (non-hydrogen) atoms. The number of carbonyl (C=O) groups excluding carboxylic acids is 1. The van der Waals surface area contributed by atoms with Crippen molar-refractivity contribution >= 4 is 5.97 Å². The van der Waals surface area contributed by atoms with Gasteiger partial charge in [0.15, 0.2) is 17.7 Å². The smallest absolute Gasteiger partial charge is 0.308 e. The second-order valence-electron chi connectivity index (χ2n) is 9.26. The standard InChI is InChI=1S/C22H38O7/c1-6-7-8-9-10-11-12-13-16(23)25-20-19-18(28-22(4,5)29-19)17(26-20)15-14-24-21(2,3)27-15/h15,17-20H,6-14H2,1-5H3. The Bertz CT molecular complexity index is 547. The van der Waals surface area contributed by atoms with Crippen molar-refractivity contribution in [3.63, 3.8) is 0 Å². The summed E-state index contributed by atoms with van der Waals surface area (Å²) in [5.41, 5.74) is 0. The normalized spacial score (nSPS) is 35.0. The number of hydrogen-bond acceptors (Lipinski definition) is 7. The predicted molar refractivity (Wildman–Crippen MR) is 106 cm³/mol. The molecule has 7 nitrogen and oxygen atoms in total. The number of carbonyl (C=O) groups is 1. The molecule has 0 aliphatic carbocycles. The lowest BCUT2D eigenvalue weighted by Crippen LogP contribution is -2.40. The van der Waals surface area contributed by atoms with Crippen LogP contribution in [0.3, 0.4) is 0 Å². The first-order chi connectivity index (χ1) is 13.7. The molecule has 3 aliphatic rings. The topological polar surface area (TPSA) is 72.5 Å². The van der Waals surface area contributed by atoms with Crippen LogP contribution in [0.2, 0.25) is 0 Å². The molecule has 5 atom stereocenters. The predicted octanol–water partition coefficient (Wildman–Crippen LogP) is 4.07. The lowest BCUT2D eigenvalue weighted by Gasteiger charge is -2.26. The van der Waals surface area contributed by atoms with Gasteiger partial charge in [0.05, 0.1) is 6.61 Å². The molecule has 3 heterocycles. The van der Waals surface area contributed by atoms with Crippen LogP contribution in [0.4, 0.5) is 0 Å². The van der Waals surface area contributed by atoms with Gasteiger partial charge >= 0.3 is 5.97 Å². The quantitative estimate of drug-likeness (QED) is 0.394. The fourth-order valence-corrected chi connectivity index (χ4v) is 4.28. The molecule has 0 aromatic heterocycles. The molecule has 3 fully saturated rings. The van der Waals surface area contributed by atoms with Crippen LogP contribution in [-0.2, 0) is 33.2 Å². The van der Waals surface area contributed by atoms with E-state index in [1.807, 2.05) is 27.7 Å². The average molecular weight is 415 g/mol. The second-order valence-corrected chi connectivity index (χ2v) is 9.26. The Hall–Kier alpha value is -0.730. The van der Waals surface area contributed by atoms with Gasteiger partial charge in [-0.3, -0.25) is 4.79 Å². The number of esters is 1. The fourth-order valence-electron chi connectivity index (χ4n) is 4.28. The highest BCUT2D eigenvalue weighted by atomic mass is 16.8. The molecule has 0 amide bonds. The molecule has 3 aliphatic heterocycles. The Balaban J connectivity index is 1.48. The van der Waals surface area contributed by atoms with E-state index in [4.69, 9.17) is 28.4 Å². The Labute approximate surface area is 174 Å². The highest BCUT2D eigenvalue weighted by Crippen LogP contribution is 2.42. The summed E-state index contributed by atoms with van der Waals surface area (Å²) in [6.45, 7) is 10.1. The third kappa shape index (κ3) is 6.14. The number of unbranched alkanes of at least 4 members (excludes halogenated alkanes) is 6. The average Bonchev–Trinajstić information content (AvgIpc) is 3.25. The van der Waals surface area contributed by atoms with Crippen LogP contribution < -0.4 is 0 Å². The third-order valence-electron chi connectivity index (χ3n) is 5.68. The largest absolute Gasteiger partial charge is 0.433 e. The van der Waals surface area contributed by atoms with E-state index in [1.165, 1.54) is 32.1 Å². The molecule has 0 radical (unpaired) electrons. The lowest BCUT2D eigenvalue weighted by molar-refractivity contribution is -0.244. The fraction of sp³-hybridized carbons (Fsp3) is 0.955. The summed E-state index contributed by atoms with van der Waals surface area (Å²) >= 11 is 0. The van der Waals surface area contributed by atoms with Crippen molar-refractivity contribution in [2.24, 2.45) is 0 Å². The summed E-state index contributed by atoms with van der Waals surface area (Å²) in [6, 6.07) is 0. The molecule has 3 rings (SSSR count). The van der Waals surface area contributed by atoms with E-state index in [1.54, 1.807) is 0 Å². The van der Waals surface area contributed by atoms with E-state index in [0.29, 0.717) is 13.0 Å². The van der Waals surface area contributed by atoms with Gasteiger partial charge in [-0.25, -0.2) is 0 Å². The number of fused-ring (bicyclic) bond motifs is 1. The van der Waals surface area contributed by atoms with Crippen molar-refractivity contribution in [2.75, 3.05) is 6.61 Å². The Morgan fingerprint density at radius 3 is 2.17 bits per heavy atom. The molecule has 0 aromatic rings. The van der Waals surface area contributed by atoms with Gasteiger partial charge < -0.3 is 28.4 Å². The van der Waals surface area contributed by atoms with E-state index >= 15 is 0 Å². The van der Waals surface area contributed by atoms with Gasteiger partial charge in [0.2, 0.25) is 6.29 Å². The molecule has 0 bridgehead atoms. The zero-order valence-electron chi connectivity index (χ0n) is 18.6. The second kappa shape index (κ2) is 9.60. The van der Waals surface area contributed by atoms with Crippen LogP contribution >= 0.6 is 0 Å². The van der Waals surface area contributed by atoms with E-state index in [2.05, 4.69) is 6.92 Å². The highest BCUT2D eigenvalue weighted by molar-refractivity contribution is 5.69. The highest BCUT2D eigenvalue weighted by Gasteiger charge is 2.60. The monoisotopic (exact) mass is 414 g/mol. The van der Waals surface area contributed by atoms with E-state index in [0.717, 1.165) is 12.8 Å². The minimum Gasteiger partial charge on any atom is -0.433 e. The molecule has 0 N–H and O–H groups in total. The molecule has 0 spiro atoms. The Morgan fingerprint density at radius 1 is 0.862 bits per heavy atom. The first kappa shape index (κ1) is 22.9. The summed E-state index contributed by atoms with van der Waals surface area (Å²) in [5.74, 6) is -1.67. The van der Waals surface area contributed by atoms with Gasteiger partial charge in [-0.15, -0.1) is 0 Å². The van der Waals surface area contributed by atoms with Crippen molar-refractivity contribution in [1.82, 2.24) is 0 Å².